The van der Waals surface area contributed by atoms with Gasteiger partial charge in [0.05, 0.1) is 18.3 Å². The maximum absolute atomic E-state index is 5.99. The summed E-state index contributed by atoms with van der Waals surface area (Å²) in [6.07, 6.45) is 6.54. The Hall–Kier alpha value is -0.160. The summed E-state index contributed by atoms with van der Waals surface area (Å²) in [7, 11) is 0. The van der Waals surface area contributed by atoms with Crippen LogP contribution < -0.4 is 5.73 Å². The molecule has 0 aromatic heterocycles. The van der Waals surface area contributed by atoms with Gasteiger partial charge in [-0.2, -0.15) is 0 Å². The number of ether oxygens (including phenoxy) is 2. The number of hydrogen-bond acceptors (Lipinski definition) is 4. The topological polar surface area (TPSA) is 47.7 Å². The van der Waals surface area contributed by atoms with Crippen molar-refractivity contribution >= 4 is 0 Å². The first kappa shape index (κ1) is 11.9. The van der Waals surface area contributed by atoms with Crippen LogP contribution in [0.1, 0.15) is 32.1 Å². The molecule has 3 rings (SSSR count). The van der Waals surface area contributed by atoms with Gasteiger partial charge in [-0.05, 0) is 32.1 Å². The van der Waals surface area contributed by atoms with Crippen molar-refractivity contribution in [3.63, 3.8) is 0 Å². The van der Waals surface area contributed by atoms with Crippen LogP contribution in [0.2, 0.25) is 0 Å². The van der Waals surface area contributed by atoms with Crippen molar-refractivity contribution in [1.29, 1.82) is 0 Å². The highest BCUT2D eigenvalue weighted by Gasteiger charge is 2.44. The molecule has 3 aliphatic rings. The van der Waals surface area contributed by atoms with Gasteiger partial charge in [0.2, 0.25) is 0 Å². The molecule has 0 bridgehead atoms. The molecule has 17 heavy (non-hydrogen) atoms. The summed E-state index contributed by atoms with van der Waals surface area (Å²) in [4.78, 5) is 2.59. The van der Waals surface area contributed by atoms with Gasteiger partial charge in [0.1, 0.15) is 0 Å². The molecule has 1 saturated carbocycles. The Bertz CT molecular complexity index is 268. The molecular formula is C13H24N2O2. The Morgan fingerprint density at radius 3 is 2.88 bits per heavy atom. The lowest BCUT2D eigenvalue weighted by molar-refractivity contribution is -0.157. The van der Waals surface area contributed by atoms with Crippen LogP contribution in [-0.4, -0.2) is 55.5 Å². The third kappa shape index (κ3) is 2.36. The zero-order valence-corrected chi connectivity index (χ0v) is 10.6. The quantitative estimate of drug-likeness (QED) is 0.773. The molecule has 2 aliphatic heterocycles. The van der Waals surface area contributed by atoms with Gasteiger partial charge in [-0.3, -0.25) is 4.90 Å². The van der Waals surface area contributed by atoms with Gasteiger partial charge in [-0.25, -0.2) is 0 Å². The standard InChI is InChI=1S/C13H24N2O2/c14-9-12-10-15(5-7-16-12)11-2-6-17-13(8-11)3-1-4-13/h11-12H,1-10,14H2. The number of nitrogens with two attached hydrogens (primary N) is 1. The molecule has 1 aliphatic carbocycles. The molecule has 2 heterocycles. The van der Waals surface area contributed by atoms with Crippen LogP contribution in [0.5, 0.6) is 0 Å². The van der Waals surface area contributed by atoms with E-state index in [-0.39, 0.29) is 11.7 Å². The van der Waals surface area contributed by atoms with Crippen molar-refractivity contribution in [2.45, 2.75) is 49.9 Å². The molecule has 0 aromatic carbocycles. The molecule has 2 saturated heterocycles. The lowest BCUT2D eigenvalue weighted by Gasteiger charge is -2.50. The number of rotatable bonds is 2. The average molecular weight is 240 g/mol. The van der Waals surface area contributed by atoms with Gasteiger partial charge in [0.15, 0.2) is 0 Å². The smallest absolute Gasteiger partial charge is 0.0824 e. The van der Waals surface area contributed by atoms with Gasteiger partial charge in [-0.15, -0.1) is 0 Å². The largest absolute Gasteiger partial charge is 0.375 e. The van der Waals surface area contributed by atoms with Crippen molar-refractivity contribution in [1.82, 2.24) is 4.90 Å². The van der Waals surface area contributed by atoms with Crippen LogP contribution in [0.15, 0.2) is 0 Å². The minimum atomic E-state index is 0.240. The third-order valence-corrected chi connectivity index (χ3v) is 4.68. The third-order valence-electron chi connectivity index (χ3n) is 4.68. The van der Waals surface area contributed by atoms with Gasteiger partial charge < -0.3 is 15.2 Å². The second kappa shape index (κ2) is 4.84. The minimum Gasteiger partial charge on any atom is -0.375 e. The second-order valence-corrected chi connectivity index (χ2v) is 5.76. The fraction of sp³-hybridized carbons (Fsp3) is 1.00. The van der Waals surface area contributed by atoms with E-state index in [0.29, 0.717) is 12.6 Å². The summed E-state index contributed by atoms with van der Waals surface area (Å²) in [6, 6.07) is 0.696. The van der Waals surface area contributed by atoms with E-state index in [1.165, 1.54) is 32.1 Å². The minimum absolute atomic E-state index is 0.240. The summed E-state index contributed by atoms with van der Waals surface area (Å²) in [5, 5.41) is 0. The molecule has 1 spiro atoms. The molecule has 0 amide bonds. The van der Waals surface area contributed by atoms with Gasteiger partial charge in [0, 0.05) is 32.3 Å². The van der Waals surface area contributed by atoms with Crippen LogP contribution in [0, 0.1) is 0 Å². The molecule has 0 aromatic rings. The zero-order valence-electron chi connectivity index (χ0n) is 10.6. The van der Waals surface area contributed by atoms with E-state index in [4.69, 9.17) is 15.2 Å². The molecule has 98 valence electrons. The van der Waals surface area contributed by atoms with Crippen molar-refractivity contribution in [2.24, 2.45) is 5.73 Å². The maximum atomic E-state index is 5.99. The Labute approximate surface area is 103 Å². The average Bonchev–Trinajstić information content (AvgIpc) is 2.37. The second-order valence-electron chi connectivity index (χ2n) is 5.76. The Kier molecular flexibility index (Phi) is 3.39. The lowest BCUT2D eigenvalue weighted by Crippen LogP contribution is -2.56. The highest BCUT2D eigenvalue weighted by molar-refractivity contribution is 4.97. The molecule has 4 nitrogen and oxygen atoms in total. The van der Waals surface area contributed by atoms with E-state index < -0.39 is 0 Å². The zero-order chi connectivity index (χ0) is 11.7. The van der Waals surface area contributed by atoms with Crippen molar-refractivity contribution in [2.75, 3.05) is 32.8 Å². The fourth-order valence-corrected chi connectivity index (χ4v) is 3.45. The van der Waals surface area contributed by atoms with Crippen LogP contribution in [0.3, 0.4) is 0 Å². The maximum Gasteiger partial charge on any atom is 0.0824 e. The molecule has 2 unspecified atom stereocenters. The normalized spacial score (nSPS) is 37.9. The van der Waals surface area contributed by atoms with E-state index in [9.17, 15) is 0 Å². The monoisotopic (exact) mass is 240 g/mol. The first-order chi connectivity index (χ1) is 8.31. The predicted molar refractivity (Wildman–Crippen MR) is 65.9 cm³/mol. The number of morpholine rings is 1. The number of nitrogens with zero attached hydrogens (tertiary/aromatic N) is 1. The van der Waals surface area contributed by atoms with Crippen LogP contribution >= 0.6 is 0 Å². The summed E-state index contributed by atoms with van der Waals surface area (Å²) in [5.74, 6) is 0. The van der Waals surface area contributed by atoms with E-state index in [1.807, 2.05) is 0 Å². The molecule has 3 fully saturated rings. The van der Waals surface area contributed by atoms with E-state index >= 15 is 0 Å². The molecular weight excluding hydrogens is 216 g/mol. The summed E-state index contributed by atoms with van der Waals surface area (Å²) in [5.41, 5.74) is 5.96. The van der Waals surface area contributed by atoms with Crippen LogP contribution in [-0.2, 0) is 9.47 Å². The summed E-state index contributed by atoms with van der Waals surface area (Å²) in [6.45, 7) is 4.50. The summed E-state index contributed by atoms with van der Waals surface area (Å²) >= 11 is 0. The first-order valence-electron chi connectivity index (χ1n) is 7.01. The van der Waals surface area contributed by atoms with Crippen molar-refractivity contribution in [3.8, 4) is 0 Å². The van der Waals surface area contributed by atoms with Crippen molar-refractivity contribution < 1.29 is 9.47 Å². The van der Waals surface area contributed by atoms with Crippen molar-refractivity contribution in [3.05, 3.63) is 0 Å². The Morgan fingerprint density at radius 1 is 1.29 bits per heavy atom. The van der Waals surface area contributed by atoms with E-state index in [1.54, 1.807) is 0 Å². The van der Waals surface area contributed by atoms with Gasteiger partial charge in [0.25, 0.3) is 0 Å². The lowest BCUT2D eigenvalue weighted by atomic mass is 9.73. The number of hydrogen-bond donors (Lipinski definition) is 1. The van der Waals surface area contributed by atoms with Gasteiger partial charge >= 0.3 is 0 Å². The van der Waals surface area contributed by atoms with Crippen LogP contribution in [0.4, 0.5) is 0 Å². The summed E-state index contributed by atoms with van der Waals surface area (Å²) < 4.78 is 11.6. The Morgan fingerprint density at radius 2 is 2.18 bits per heavy atom. The highest BCUT2D eigenvalue weighted by Crippen LogP contribution is 2.43. The van der Waals surface area contributed by atoms with E-state index in [0.717, 1.165) is 26.3 Å². The van der Waals surface area contributed by atoms with Gasteiger partial charge in [-0.1, -0.05) is 0 Å². The molecule has 0 radical (unpaired) electrons. The SMILES string of the molecule is NCC1CN(C2CCOC3(CCC3)C2)CCO1. The Balaban J connectivity index is 1.59. The van der Waals surface area contributed by atoms with Crippen LogP contribution in [0.25, 0.3) is 0 Å². The molecule has 2 atom stereocenters. The molecule has 2 N–H and O–H groups in total. The fourth-order valence-electron chi connectivity index (χ4n) is 3.45. The van der Waals surface area contributed by atoms with E-state index in [2.05, 4.69) is 4.90 Å². The first-order valence-corrected chi connectivity index (χ1v) is 7.01. The molecule has 4 heteroatoms. The predicted octanol–water partition coefficient (Wildman–Crippen LogP) is 0.748. The highest BCUT2D eigenvalue weighted by atomic mass is 16.5.